The van der Waals surface area contributed by atoms with Gasteiger partial charge in [0.05, 0.1) is 17.1 Å². The zero-order chi connectivity index (χ0) is 14.8. The molecule has 1 aromatic rings. The second-order valence-electron chi connectivity index (χ2n) is 6.62. The van der Waals surface area contributed by atoms with Crippen molar-refractivity contribution in [1.29, 1.82) is 0 Å². The van der Waals surface area contributed by atoms with Gasteiger partial charge in [-0.3, -0.25) is 4.79 Å². The zero-order valence-electron chi connectivity index (χ0n) is 13.7. The van der Waals surface area contributed by atoms with Crippen LogP contribution < -0.4 is 5.32 Å². The molecule has 1 aromatic heterocycles. The van der Waals surface area contributed by atoms with Crippen molar-refractivity contribution >= 4 is 42.1 Å². The second kappa shape index (κ2) is 9.06. The fourth-order valence-electron chi connectivity index (χ4n) is 2.51. The van der Waals surface area contributed by atoms with Crippen molar-refractivity contribution in [3.8, 4) is 0 Å². The molecule has 22 heavy (non-hydrogen) atoms. The summed E-state index contributed by atoms with van der Waals surface area (Å²) in [7, 11) is 1.97. The highest BCUT2D eigenvalue weighted by Gasteiger charge is 2.26. The molecule has 0 spiro atoms. The lowest BCUT2D eigenvalue weighted by atomic mass is 9.98. The van der Waals surface area contributed by atoms with Crippen LogP contribution in [0, 0.1) is 5.92 Å². The van der Waals surface area contributed by atoms with Gasteiger partial charge in [-0.05, 0) is 25.9 Å². The van der Waals surface area contributed by atoms with E-state index in [2.05, 4.69) is 31.1 Å². The van der Waals surface area contributed by atoms with Crippen molar-refractivity contribution in [3.63, 3.8) is 0 Å². The van der Waals surface area contributed by atoms with E-state index in [4.69, 9.17) is 0 Å². The van der Waals surface area contributed by atoms with Crippen molar-refractivity contribution in [2.45, 2.75) is 39.0 Å². The molecule has 2 rings (SSSR count). The molecule has 4 nitrogen and oxygen atoms in total. The molecule has 128 valence electrons. The number of carbonyl (C=O) groups excluding carboxylic acids is 1. The van der Waals surface area contributed by atoms with Gasteiger partial charge in [0.25, 0.3) is 0 Å². The van der Waals surface area contributed by atoms with Crippen molar-refractivity contribution in [2.75, 3.05) is 26.7 Å². The highest BCUT2D eigenvalue weighted by molar-refractivity contribution is 7.09. The van der Waals surface area contributed by atoms with E-state index in [1.165, 1.54) is 0 Å². The quantitative estimate of drug-likeness (QED) is 0.889. The molecule has 0 bridgehead atoms. The summed E-state index contributed by atoms with van der Waals surface area (Å²) in [5.41, 5.74) is 0.985. The number of nitrogens with zero attached hydrogens (tertiary/aromatic N) is 2. The van der Waals surface area contributed by atoms with E-state index in [0.29, 0.717) is 12.3 Å². The van der Waals surface area contributed by atoms with Crippen LogP contribution in [0.2, 0.25) is 0 Å². The summed E-state index contributed by atoms with van der Waals surface area (Å²) in [5.74, 6) is 0.818. The molecule has 1 aliphatic rings. The molecule has 0 saturated carbocycles. The van der Waals surface area contributed by atoms with Crippen LogP contribution >= 0.6 is 36.2 Å². The maximum absolute atomic E-state index is 12.3. The summed E-state index contributed by atoms with van der Waals surface area (Å²) in [6, 6.07) is 0. The number of rotatable bonds is 4. The van der Waals surface area contributed by atoms with Gasteiger partial charge in [-0.25, -0.2) is 4.98 Å². The van der Waals surface area contributed by atoms with E-state index in [9.17, 15) is 4.79 Å². The normalized spacial score (nSPS) is 17.8. The first-order valence-electron chi connectivity index (χ1n) is 7.27. The molecule has 2 heterocycles. The predicted octanol–water partition coefficient (Wildman–Crippen LogP) is 2.89. The Bertz CT molecular complexity index is 474. The van der Waals surface area contributed by atoms with Crippen LogP contribution in [0.3, 0.4) is 0 Å². The molecule has 7 heteroatoms. The minimum Gasteiger partial charge on any atom is -0.342 e. The molecule has 1 saturated heterocycles. The van der Waals surface area contributed by atoms with E-state index in [-0.39, 0.29) is 36.1 Å². The minimum atomic E-state index is 0. The average molecular weight is 368 g/mol. The Kier molecular flexibility index (Phi) is 8.91. The van der Waals surface area contributed by atoms with E-state index in [1.807, 2.05) is 17.3 Å². The van der Waals surface area contributed by atoms with Gasteiger partial charge in [-0.2, -0.15) is 0 Å². The van der Waals surface area contributed by atoms with Crippen LogP contribution in [0.1, 0.15) is 37.9 Å². The van der Waals surface area contributed by atoms with Crippen LogP contribution in [0.25, 0.3) is 0 Å². The standard InChI is InChI=1S/C15H25N3OS.2ClH/c1-15(2,3)14-17-12(10-20-14)7-13(19)18-6-5-11(9-18)8-16-4;;/h10-11,16H,5-9H2,1-4H3;2*1H. The fourth-order valence-corrected chi connectivity index (χ4v) is 3.42. The minimum absolute atomic E-state index is 0. The number of aromatic nitrogens is 1. The van der Waals surface area contributed by atoms with Crippen LogP contribution in [-0.4, -0.2) is 42.5 Å². The van der Waals surface area contributed by atoms with Crippen molar-refractivity contribution in [1.82, 2.24) is 15.2 Å². The molecule has 0 radical (unpaired) electrons. The van der Waals surface area contributed by atoms with Gasteiger partial charge in [-0.15, -0.1) is 36.2 Å². The molecule has 1 N–H and O–H groups in total. The molecular formula is C15H27Cl2N3OS. The topological polar surface area (TPSA) is 45.2 Å². The summed E-state index contributed by atoms with van der Waals surface area (Å²) < 4.78 is 0. The first kappa shape index (κ1) is 21.6. The number of hydrogen-bond donors (Lipinski definition) is 1. The number of likely N-dealkylation sites (tertiary alicyclic amines) is 1. The summed E-state index contributed by atoms with van der Waals surface area (Å²) in [4.78, 5) is 18.9. The SMILES string of the molecule is CNCC1CCN(C(=O)Cc2csc(C(C)(C)C)n2)C1.Cl.Cl. The van der Waals surface area contributed by atoms with Gasteiger partial charge >= 0.3 is 0 Å². The van der Waals surface area contributed by atoms with Gasteiger partial charge < -0.3 is 10.2 Å². The molecule has 0 aromatic carbocycles. The number of hydrogen-bond acceptors (Lipinski definition) is 4. The molecule has 1 atom stereocenters. The highest BCUT2D eigenvalue weighted by atomic mass is 35.5. The van der Waals surface area contributed by atoms with Crippen LogP contribution in [0.15, 0.2) is 5.38 Å². The maximum atomic E-state index is 12.3. The number of halogens is 2. The van der Waals surface area contributed by atoms with Crippen LogP contribution in [0.5, 0.6) is 0 Å². The number of amides is 1. The summed E-state index contributed by atoms with van der Waals surface area (Å²) in [5, 5.41) is 6.32. The van der Waals surface area contributed by atoms with E-state index >= 15 is 0 Å². The molecule has 1 fully saturated rings. The number of nitrogens with one attached hydrogen (secondary N) is 1. The zero-order valence-corrected chi connectivity index (χ0v) is 16.2. The van der Waals surface area contributed by atoms with Crippen molar-refractivity contribution in [3.05, 3.63) is 16.1 Å². The van der Waals surface area contributed by atoms with Gasteiger partial charge in [0.1, 0.15) is 0 Å². The lowest BCUT2D eigenvalue weighted by Gasteiger charge is -2.16. The Morgan fingerprint density at radius 1 is 1.45 bits per heavy atom. The Balaban J connectivity index is 0.00000220. The van der Waals surface area contributed by atoms with Crippen LogP contribution in [0.4, 0.5) is 0 Å². The third kappa shape index (κ3) is 5.69. The van der Waals surface area contributed by atoms with E-state index in [1.54, 1.807) is 11.3 Å². The molecule has 1 aliphatic heterocycles. The third-order valence-corrected chi connectivity index (χ3v) is 4.97. The first-order chi connectivity index (χ1) is 9.40. The smallest absolute Gasteiger partial charge is 0.228 e. The highest BCUT2D eigenvalue weighted by Crippen LogP contribution is 2.26. The summed E-state index contributed by atoms with van der Waals surface area (Å²) >= 11 is 1.66. The fraction of sp³-hybridized carbons (Fsp3) is 0.733. The van der Waals surface area contributed by atoms with Gasteiger partial charge in [0.15, 0.2) is 0 Å². The average Bonchev–Trinajstić information content (AvgIpc) is 2.97. The van der Waals surface area contributed by atoms with E-state index < -0.39 is 0 Å². The molecule has 1 unspecified atom stereocenters. The van der Waals surface area contributed by atoms with Gasteiger partial charge in [0, 0.05) is 23.9 Å². The van der Waals surface area contributed by atoms with Crippen molar-refractivity contribution < 1.29 is 4.79 Å². The Morgan fingerprint density at radius 2 is 2.14 bits per heavy atom. The summed E-state index contributed by atoms with van der Waals surface area (Å²) in [6.07, 6.45) is 1.55. The van der Waals surface area contributed by atoms with Gasteiger partial charge in [0.2, 0.25) is 5.91 Å². The molecular weight excluding hydrogens is 341 g/mol. The van der Waals surface area contributed by atoms with E-state index in [0.717, 1.165) is 36.8 Å². The second-order valence-corrected chi connectivity index (χ2v) is 7.48. The predicted molar refractivity (Wildman–Crippen MR) is 97.6 cm³/mol. The Morgan fingerprint density at radius 3 is 2.68 bits per heavy atom. The Hall–Kier alpha value is -0.360. The summed E-state index contributed by atoms with van der Waals surface area (Å²) in [6.45, 7) is 9.23. The molecule has 0 aliphatic carbocycles. The first-order valence-corrected chi connectivity index (χ1v) is 8.15. The largest absolute Gasteiger partial charge is 0.342 e. The maximum Gasteiger partial charge on any atom is 0.228 e. The molecule has 1 amide bonds. The van der Waals surface area contributed by atoms with Gasteiger partial charge in [-0.1, -0.05) is 20.8 Å². The lowest BCUT2D eigenvalue weighted by molar-refractivity contribution is -0.129. The van der Waals surface area contributed by atoms with Crippen LogP contribution in [-0.2, 0) is 16.6 Å². The van der Waals surface area contributed by atoms with Crippen molar-refractivity contribution in [2.24, 2.45) is 5.92 Å². The number of thiazole rings is 1. The lowest BCUT2D eigenvalue weighted by Crippen LogP contribution is -2.31. The monoisotopic (exact) mass is 367 g/mol. The number of carbonyl (C=O) groups is 1. The Labute approximate surface area is 149 Å². The third-order valence-electron chi connectivity index (χ3n) is 3.66.